The molecule has 0 bridgehead atoms. The number of hydrogen-bond donors (Lipinski definition) is 1. The Hall–Kier alpha value is -2.79. The van der Waals surface area contributed by atoms with E-state index < -0.39 is 51.2 Å². The summed E-state index contributed by atoms with van der Waals surface area (Å²) in [5.74, 6) is -1.20. The van der Waals surface area contributed by atoms with E-state index >= 15 is 0 Å². The molecule has 0 unspecified atom stereocenters. The molecule has 2 aromatic rings. The molecule has 0 spiro atoms. The van der Waals surface area contributed by atoms with Gasteiger partial charge in [-0.2, -0.15) is 13.2 Å². The topological polar surface area (TPSA) is 86.8 Å². The maximum absolute atomic E-state index is 13.5. The van der Waals surface area contributed by atoms with E-state index in [-0.39, 0.29) is 18.3 Å². The second-order valence-electron chi connectivity index (χ2n) is 8.94. The molecule has 0 aliphatic carbocycles. The minimum absolute atomic E-state index is 0.0123. The van der Waals surface area contributed by atoms with Crippen LogP contribution in [0.1, 0.15) is 43.9 Å². The summed E-state index contributed by atoms with van der Waals surface area (Å²) in [6, 6.07) is 8.68. The van der Waals surface area contributed by atoms with E-state index in [1.54, 1.807) is 12.1 Å². The van der Waals surface area contributed by atoms with E-state index in [1.165, 1.54) is 11.8 Å². The van der Waals surface area contributed by atoms with Gasteiger partial charge in [0.2, 0.25) is 21.8 Å². The molecule has 0 heterocycles. The Bertz CT molecular complexity index is 1240. The van der Waals surface area contributed by atoms with Gasteiger partial charge < -0.3 is 10.2 Å². The SMILES string of the molecule is CC[C@H](C)NC(=O)[C@H](C)N(Cc1cccc(C)c1)C(=O)CN(c1ccc(Cl)c(C(F)(F)F)c1)S(C)(=O)=O. The van der Waals surface area contributed by atoms with Crippen molar-refractivity contribution in [2.75, 3.05) is 17.1 Å². The monoisotopic (exact) mass is 561 g/mol. The normalized spacial score (nSPS) is 13.5. The van der Waals surface area contributed by atoms with Crippen LogP contribution in [0.25, 0.3) is 0 Å². The second kappa shape index (κ2) is 12.2. The summed E-state index contributed by atoms with van der Waals surface area (Å²) in [5, 5.41) is 2.20. The fraction of sp³-hybridized carbons (Fsp3) is 0.440. The second-order valence-corrected chi connectivity index (χ2v) is 11.3. The van der Waals surface area contributed by atoms with E-state index in [0.717, 1.165) is 24.0 Å². The maximum Gasteiger partial charge on any atom is 0.417 e. The first kappa shape index (κ1) is 30.4. The van der Waals surface area contributed by atoms with Gasteiger partial charge in [0, 0.05) is 12.6 Å². The molecule has 204 valence electrons. The van der Waals surface area contributed by atoms with Crippen LogP contribution < -0.4 is 9.62 Å². The molecule has 2 atom stereocenters. The number of hydrogen-bond acceptors (Lipinski definition) is 4. The quantitative estimate of drug-likeness (QED) is 0.453. The van der Waals surface area contributed by atoms with Crippen LogP contribution in [0.3, 0.4) is 0 Å². The van der Waals surface area contributed by atoms with Crippen molar-refractivity contribution in [3.8, 4) is 0 Å². The highest BCUT2D eigenvalue weighted by Crippen LogP contribution is 2.37. The molecule has 0 fully saturated rings. The molecular formula is C25H31ClF3N3O4S. The van der Waals surface area contributed by atoms with Gasteiger partial charge in [-0.25, -0.2) is 8.42 Å². The number of alkyl halides is 3. The average Bonchev–Trinajstić information content (AvgIpc) is 2.79. The molecule has 2 amide bonds. The Labute approximate surface area is 220 Å². The standard InChI is InChI=1S/C25H31ClF3N3O4S/c1-6-17(3)30-24(34)18(4)31(14-19-9-7-8-16(2)12-19)23(33)15-32(37(5,35)36)20-10-11-22(26)21(13-20)25(27,28)29/h7-13,17-18H,6,14-15H2,1-5H3,(H,30,34)/t17-,18-/m0/s1. The number of rotatable bonds is 10. The largest absolute Gasteiger partial charge is 0.417 e. The number of aryl methyl sites for hydroxylation is 1. The summed E-state index contributed by atoms with van der Waals surface area (Å²) >= 11 is 5.68. The van der Waals surface area contributed by atoms with Crippen LogP contribution in [-0.2, 0) is 32.3 Å². The Kier molecular flexibility index (Phi) is 10.0. The molecule has 37 heavy (non-hydrogen) atoms. The first-order valence-corrected chi connectivity index (χ1v) is 13.8. The van der Waals surface area contributed by atoms with Crippen molar-refractivity contribution in [1.29, 1.82) is 0 Å². The number of anilines is 1. The van der Waals surface area contributed by atoms with E-state index in [0.29, 0.717) is 22.4 Å². The Balaban J connectivity index is 2.48. The van der Waals surface area contributed by atoms with Gasteiger partial charge in [-0.3, -0.25) is 13.9 Å². The van der Waals surface area contributed by atoms with Crippen LogP contribution in [0.2, 0.25) is 5.02 Å². The third kappa shape index (κ3) is 8.36. The minimum Gasteiger partial charge on any atom is -0.352 e. The minimum atomic E-state index is -4.83. The summed E-state index contributed by atoms with van der Waals surface area (Å²) in [6.45, 7) is 6.24. The molecule has 0 aliphatic rings. The predicted molar refractivity (Wildman–Crippen MR) is 138 cm³/mol. The van der Waals surface area contributed by atoms with Gasteiger partial charge in [-0.05, 0) is 51.0 Å². The van der Waals surface area contributed by atoms with Crippen molar-refractivity contribution in [3.63, 3.8) is 0 Å². The number of nitrogens with one attached hydrogen (secondary N) is 1. The molecule has 0 saturated heterocycles. The zero-order chi connectivity index (χ0) is 28.1. The lowest BCUT2D eigenvalue weighted by atomic mass is 10.1. The number of amides is 2. The van der Waals surface area contributed by atoms with Gasteiger partial charge in [0.25, 0.3) is 0 Å². The molecular weight excluding hydrogens is 531 g/mol. The van der Waals surface area contributed by atoms with Gasteiger partial charge >= 0.3 is 6.18 Å². The third-order valence-corrected chi connectivity index (χ3v) is 7.30. The van der Waals surface area contributed by atoms with Gasteiger partial charge in [-0.15, -0.1) is 0 Å². The van der Waals surface area contributed by atoms with Crippen LogP contribution in [0, 0.1) is 6.92 Å². The number of carbonyl (C=O) groups is 2. The molecule has 0 aliphatic heterocycles. The van der Waals surface area contributed by atoms with E-state index in [9.17, 15) is 31.2 Å². The number of nitrogens with zero attached hydrogens (tertiary/aromatic N) is 2. The molecule has 0 aromatic heterocycles. The zero-order valence-corrected chi connectivity index (χ0v) is 22.8. The van der Waals surface area contributed by atoms with E-state index in [1.807, 2.05) is 32.9 Å². The van der Waals surface area contributed by atoms with Crippen LogP contribution in [-0.4, -0.2) is 50.0 Å². The summed E-state index contributed by atoms with van der Waals surface area (Å²) < 4.78 is 66.0. The lowest BCUT2D eigenvalue weighted by Crippen LogP contribution is -2.52. The predicted octanol–water partition coefficient (Wildman–Crippen LogP) is 4.77. The van der Waals surface area contributed by atoms with Crippen molar-refractivity contribution in [1.82, 2.24) is 10.2 Å². The molecule has 0 radical (unpaired) electrons. The fourth-order valence-electron chi connectivity index (χ4n) is 3.55. The van der Waals surface area contributed by atoms with Crippen molar-refractivity contribution in [3.05, 3.63) is 64.2 Å². The van der Waals surface area contributed by atoms with Gasteiger partial charge in [0.05, 0.1) is 22.5 Å². The van der Waals surface area contributed by atoms with Crippen LogP contribution in [0.15, 0.2) is 42.5 Å². The molecule has 2 aromatic carbocycles. The van der Waals surface area contributed by atoms with E-state index in [2.05, 4.69) is 5.32 Å². The maximum atomic E-state index is 13.5. The highest BCUT2D eigenvalue weighted by atomic mass is 35.5. The van der Waals surface area contributed by atoms with Gasteiger partial charge in [-0.1, -0.05) is 48.4 Å². The first-order chi connectivity index (χ1) is 17.0. The summed E-state index contributed by atoms with van der Waals surface area (Å²) in [5.41, 5.74) is 0.0129. The number of halogens is 4. The highest BCUT2D eigenvalue weighted by molar-refractivity contribution is 7.92. The average molecular weight is 562 g/mol. The number of carbonyl (C=O) groups excluding carboxylic acids is 2. The number of benzene rings is 2. The Morgan fingerprint density at radius 3 is 2.30 bits per heavy atom. The van der Waals surface area contributed by atoms with Crippen molar-refractivity contribution < 1.29 is 31.2 Å². The van der Waals surface area contributed by atoms with Crippen LogP contribution >= 0.6 is 11.6 Å². The highest BCUT2D eigenvalue weighted by Gasteiger charge is 2.35. The molecule has 1 N–H and O–H groups in total. The zero-order valence-electron chi connectivity index (χ0n) is 21.3. The molecule has 0 saturated carbocycles. The fourth-order valence-corrected chi connectivity index (χ4v) is 4.62. The van der Waals surface area contributed by atoms with E-state index in [4.69, 9.17) is 11.6 Å². The molecule has 2 rings (SSSR count). The third-order valence-electron chi connectivity index (χ3n) is 5.83. The van der Waals surface area contributed by atoms with Crippen molar-refractivity contribution in [2.24, 2.45) is 0 Å². The molecule has 7 nitrogen and oxygen atoms in total. The molecule has 12 heteroatoms. The lowest BCUT2D eigenvalue weighted by molar-refractivity contribution is -0.139. The summed E-state index contributed by atoms with van der Waals surface area (Å²) in [6.07, 6.45) is -3.39. The Morgan fingerprint density at radius 2 is 1.76 bits per heavy atom. The summed E-state index contributed by atoms with van der Waals surface area (Å²) in [4.78, 5) is 27.6. The van der Waals surface area contributed by atoms with Crippen LogP contribution in [0.5, 0.6) is 0 Å². The van der Waals surface area contributed by atoms with Gasteiger partial charge in [0.15, 0.2) is 0 Å². The van der Waals surface area contributed by atoms with Crippen molar-refractivity contribution in [2.45, 2.75) is 58.9 Å². The lowest BCUT2D eigenvalue weighted by Gasteiger charge is -2.32. The number of sulfonamides is 1. The Morgan fingerprint density at radius 1 is 1.11 bits per heavy atom. The first-order valence-electron chi connectivity index (χ1n) is 11.5. The summed E-state index contributed by atoms with van der Waals surface area (Å²) in [7, 11) is -4.20. The van der Waals surface area contributed by atoms with Crippen molar-refractivity contribution >= 4 is 39.1 Å². The smallest absolute Gasteiger partial charge is 0.352 e. The van der Waals surface area contributed by atoms with Gasteiger partial charge in [0.1, 0.15) is 12.6 Å². The van der Waals surface area contributed by atoms with Crippen LogP contribution in [0.4, 0.5) is 18.9 Å².